The number of benzene rings is 2. The summed E-state index contributed by atoms with van der Waals surface area (Å²) in [4.78, 5) is 12.0. The summed E-state index contributed by atoms with van der Waals surface area (Å²) < 4.78 is 37.3. The second-order valence-electron chi connectivity index (χ2n) is 4.44. The van der Waals surface area contributed by atoms with Crippen molar-refractivity contribution in [1.29, 1.82) is 0 Å². The van der Waals surface area contributed by atoms with Crippen LogP contribution in [0.2, 0.25) is 10.0 Å². The molecule has 0 aliphatic rings. The van der Waals surface area contributed by atoms with Gasteiger partial charge in [0.15, 0.2) is 5.78 Å². The van der Waals surface area contributed by atoms with Crippen molar-refractivity contribution < 1.29 is 18.0 Å². The fraction of sp³-hybridized carbons (Fsp3) is 0.0625. The number of ketones is 1. The average molecular weight is 345 g/mol. The van der Waals surface area contributed by atoms with Gasteiger partial charge in [-0.3, -0.25) is 4.79 Å². The van der Waals surface area contributed by atoms with Gasteiger partial charge in [-0.1, -0.05) is 41.4 Å². The lowest BCUT2D eigenvalue weighted by Crippen LogP contribution is -2.04. The zero-order chi connectivity index (χ0) is 16.3. The lowest BCUT2D eigenvalue weighted by molar-refractivity contribution is -0.137. The molecule has 0 amide bonds. The van der Waals surface area contributed by atoms with E-state index >= 15 is 0 Å². The highest BCUT2D eigenvalue weighted by atomic mass is 35.5. The first-order chi connectivity index (χ1) is 10.3. The highest BCUT2D eigenvalue weighted by molar-refractivity contribution is 6.37. The molecule has 0 aliphatic heterocycles. The molecule has 0 bridgehead atoms. The summed E-state index contributed by atoms with van der Waals surface area (Å²) in [5.41, 5.74) is 0.0115. The third-order valence-electron chi connectivity index (χ3n) is 2.86. The van der Waals surface area contributed by atoms with Gasteiger partial charge in [0.2, 0.25) is 0 Å². The number of rotatable bonds is 3. The van der Waals surface area contributed by atoms with E-state index in [1.807, 2.05) is 0 Å². The Bertz CT molecular complexity index is 719. The smallest absolute Gasteiger partial charge is 0.289 e. The molecule has 0 aromatic heterocycles. The monoisotopic (exact) mass is 344 g/mol. The van der Waals surface area contributed by atoms with E-state index in [9.17, 15) is 18.0 Å². The van der Waals surface area contributed by atoms with Crippen LogP contribution in [0.3, 0.4) is 0 Å². The Morgan fingerprint density at radius 2 is 1.64 bits per heavy atom. The van der Waals surface area contributed by atoms with Crippen molar-refractivity contribution in [1.82, 2.24) is 0 Å². The van der Waals surface area contributed by atoms with Gasteiger partial charge in [-0.25, -0.2) is 0 Å². The number of carbonyl (C=O) groups is 1. The van der Waals surface area contributed by atoms with E-state index in [0.717, 1.165) is 12.1 Å². The Labute approximate surface area is 135 Å². The van der Waals surface area contributed by atoms with Crippen LogP contribution in [0.15, 0.2) is 48.5 Å². The van der Waals surface area contributed by atoms with Crippen LogP contribution < -0.4 is 0 Å². The van der Waals surface area contributed by atoms with Gasteiger partial charge in [-0.15, -0.1) is 0 Å². The molecule has 0 saturated carbocycles. The Morgan fingerprint density at radius 1 is 1.00 bits per heavy atom. The van der Waals surface area contributed by atoms with Crippen molar-refractivity contribution in [2.75, 3.05) is 0 Å². The Hall–Kier alpha value is -1.78. The summed E-state index contributed by atoms with van der Waals surface area (Å²) in [6.07, 6.45) is -1.71. The van der Waals surface area contributed by atoms with Gasteiger partial charge >= 0.3 is 6.18 Å². The zero-order valence-corrected chi connectivity index (χ0v) is 12.5. The number of hydrogen-bond donors (Lipinski definition) is 0. The molecule has 114 valence electrons. The van der Waals surface area contributed by atoms with E-state index in [2.05, 4.69) is 0 Å². The molecule has 1 nitrogen and oxygen atoms in total. The van der Waals surface area contributed by atoms with Gasteiger partial charge in [0, 0.05) is 10.6 Å². The Kier molecular flexibility index (Phi) is 4.94. The number of allylic oxidation sites excluding steroid dienone is 1. The molecule has 0 atom stereocenters. The number of carbonyl (C=O) groups excluding carboxylic acids is 1. The van der Waals surface area contributed by atoms with Crippen LogP contribution in [-0.4, -0.2) is 5.78 Å². The largest absolute Gasteiger partial charge is 0.416 e. The molecule has 22 heavy (non-hydrogen) atoms. The standard InChI is InChI=1S/C16H9Cl2F3O/c17-12-6-7-13(14(18)9-12)15(22)8-3-10-1-4-11(5-2-10)16(19,20)21/h1-9H/b8-3+. The van der Waals surface area contributed by atoms with Crippen LogP contribution in [0, 0.1) is 0 Å². The van der Waals surface area contributed by atoms with Gasteiger partial charge in [-0.05, 0) is 42.0 Å². The van der Waals surface area contributed by atoms with Crippen LogP contribution in [0.25, 0.3) is 6.08 Å². The van der Waals surface area contributed by atoms with Crippen LogP contribution in [0.5, 0.6) is 0 Å². The van der Waals surface area contributed by atoms with Gasteiger partial charge in [0.25, 0.3) is 0 Å². The maximum absolute atomic E-state index is 12.4. The minimum absolute atomic E-state index is 0.217. The molecular weight excluding hydrogens is 336 g/mol. The van der Waals surface area contributed by atoms with Crippen molar-refractivity contribution in [3.63, 3.8) is 0 Å². The van der Waals surface area contributed by atoms with E-state index < -0.39 is 11.7 Å². The molecular formula is C16H9Cl2F3O. The minimum Gasteiger partial charge on any atom is -0.289 e. The third kappa shape index (κ3) is 4.12. The quantitative estimate of drug-likeness (QED) is 0.499. The maximum atomic E-state index is 12.4. The molecule has 0 saturated heterocycles. The maximum Gasteiger partial charge on any atom is 0.416 e. The van der Waals surface area contributed by atoms with Crippen molar-refractivity contribution in [3.8, 4) is 0 Å². The zero-order valence-electron chi connectivity index (χ0n) is 11.0. The topological polar surface area (TPSA) is 17.1 Å². The fourth-order valence-corrected chi connectivity index (χ4v) is 2.24. The molecule has 0 N–H and O–H groups in total. The summed E-state index contributed by atoms with van der Waals surface area (Å²) in [5.74, 6) is -0.360. The first kappa shape index (κ1) is 16.6. The van der Waals surface area contributed by atoms with E-state index in [4.69, 9.17) is 23.2 Å². The predicted molar refractivity (Wildman–Crippen MR) is 81.3 cm³/mol. The minimum atomic E-state index is -4.38. The summed E-state index contributed by atoms with van der Waals surface area (Å²) in [5, 5.41) is 0.628. The normalized spacial score (nSPS) is 11.9. The summed E-state index contributed by atoms with van der Waals surface area (Å²) in [7, 11) is 0. The van der Waals surface area contributed by atoms with Crippen molar-refractivity contribution in [2.24, 2.45) is 0 Å². The first-order valence-corrected chi connectivity index (χ1v) is 6.88. The first-order valence-electron chi connectivity index (χ1n) is 6.12. The SMILES string of the molecule is O=C(/C=C/c1ccc(C(F)(F)F)cc1)c1ccc(Cl)cc1Cl. The number of hydrogen-bond acceptors (Lipinski definition) is 1. The Balaban J connectivity index is 2.16. The summed E-state index contributed by atoms with van der Waals surface area (Å²) in [6, 6.07) is 8.96. The van der Waals surface area contributed by atoms with E-state index in [0.29, 0.717) is 10.6 Å². The lowest BCUT2D eigenvalue weighted by Gasteiger charge is -2.05. The lowest BCUT2D eigenvalue weighted by atomic mass is 10.1. The average Bonchev–Trinajstić information content (AvgIpc) is 2.44. The highest BCUT2D eigenvalue weighted by Gasteiger charge is 2.29. The third-order valence-corrected chi connectivity index (χ3v) is 3.41. The second kappa shape index (κ2) is 6.55. The molecule has 2 aromatic rings. The van der Waals surface area contributed by atoms with Gasteiger partial charge in [-0.2, -0.15) is 13.2 Å². The molecule has 0 spiro atoms. The summed E-state index contributed by atoms with van der Waals surface area (Å²) in [6.45, 7) is 0. The predicted octanol–water partition coefficient (Wildman–Crippen LogP) is 5.91. The highest BCUT2D eigenvalue weighted by Crippen LogP contribution is 2.29. The Morgan fingerprint density at radius 3 is 2.18 bits per heavy atom. The van der Waals surface area contributed by atoms with E-state index in [-0.39, 0.29) is 16.4 Å². The van der Waals surface area contributed by atoms with Gasteiger partial charge in [0.1, 0.15) is 0 Å². The molecule has 0 aliphatic carbocycles. The molecule has 0 radical (unpaired) electrons. The molecule has 2 rings (SSSR count). The number of alkyl halides is 3. The van der Waals surface area contributed by atoms with Gasteiger partial charge < -0.3 is 0 Å². The molecule has 0 heterocycles. The molecule has 0 fully saturated rings. The van der Waals surface area contributed by atoms with Crippen molar-refractivity contribution >= 4 is 35.1 Å². The van der Waals surface area contributed by atoms with Crippen LogP contribution >= 0.6 is 23.2 Å². The summed E-state index contributed by atoms with van der Waals surface area (Å²) >= 11 is 11.7. The fourth-order valence-electron chi connectivity index (χ4n) is 1.73. The van der Waals surface area contributed by atoms with Gasteiger partial charge in [0.05, 0.1) is 10.6 Å². The van der Waals surface area contributed by atoms with Crippen molar-refractivity contribution in [3.05, 3.63) is 75.3 Å². The van der Waals surface area contributed by atoms with E-state index in [1.165, 1.54) is 42.5 Å². The van der Waals surface area contributed by atoms with Crippen molar-refractivity contribution in [2.45, 2.75) is 6.18 Å². The molecule has 0 unspecified atom stereocenters. The van der Waals surface area contributed by atoms with E-state index in [1.54, 1.807) is 0 Å². The van der Waals surface area contributed by atoms with Crippen LogP contribution in [0.4, 0.5) is 13.2 Å². The van der Waals surface area contributed by atoms with Crippen LogP contribution in [0.1, 0.15) is 21.5 Å². The van der Waals surface area contributed by atoms with Crippen LogP contribution in [-0.2, 0) is 6.18 Å². The number of halogens is 5. The molecule has 6 heteroatoms. The molecule has 2 aromatic carbocycles. The second-order valence-corrected chi connectivity index (χ2v) is 5.29.